The number of rotatable bonds is 10. The van der Waals surface area contributed by atoms with Gasteiger partial charge in [-0.15, -0.1) is 0 Å². The minimum Gasteiger partial charge on any atom is -0.396 e. The van der Waals surface area contributed by atoms with Gasteiger partial charge in [0.25, 0.3) is 0 Å². The second-order valence-electron chi connectivity index (χ2n) is 6.48. The van der Waals surface area contributed by atoms with Gasteiger partial charge in [0, 0.05) is 50.7 Å². The highest BCUT2D eigenvalue weighted by Crippen LogP contribution is 2.32. The van der Waals surface area contributed by atoms with Crippen molar-refractivity contribution >= 4 is 16.0 Å². The smallest absolute Gasteiger partial charge is 0.242 e. The van der Waals surface area contributed by atoms with E-state index in [1.165, 1.54) is 18.5 Å². The van der Waals surface area contributed by atoms with E-state index < -0.39 is 10.0 Å². The molecule has 0 saturated carbocycles. The number of pyridine rings is 1. The molecule has 2 heterocycles. The van der Waals surface area contributed by atoms with Crippen LogP contribution in [0.3, 0.4) is 0 Å². The molecule has 27 heavy (non-hydrogen) atoms. The Morgan fingerprint density at radius 3 is 2.89 bits per heavy atom. The number of aliphatic imine (C=N–C) groups is 1. The minimum absolute atomic E-state index is 0.110. The fraction of sp³-hybridized carbons (Fsp3) is 0.647. The maximum Gasteiger partial charge on any atom is 0.242 e. The van der Waals surface area contributed by atoms with Crippen LogP contribution in [0.15, 0.2) is 34.4 Å². The van der Waals surface area contributed by atoms with Crippen molar-refractivity contribution in [2.24, 2.45) is 10.4 Å². The van der Waals surface area contributed by atoms with E-state index in [1.54, 1.807) is 6.07 Å². The topological polar surface area (TPSA) is 125 Å². The maximum absolute atomic E-state index is 12.2. The molecule has 2 rings (SSSR count). The Bertz CT molecular complexity index is 691. The number of hydrogen-bond donors (Lipinski definition) is 4. The van der Waals surface area contributed by atoms with Crippen molar-refractivity contribution in [1.29, 1.82) is 0 Å². The molecular formula is C17H29N5O4S. The van der Waals surface area contributed by atoms with Gasteiger partial charge in [-0.05, 0) is 31.9 Å². The Labute approximate surface area is 160 Å². The van der Waals surface area contributed by atoms with Crippen LogP contribution in [-0.4, -0.2) is 70.5 Å². The molecule has 1 aliphatic heterocycles. The number of sulfonamides is 1. The van der Waals surface area contributed by atoms with Crippen molar-refractivity contribution in [2.75, 3.05) is 46.0 Å². The molecule has 0 aromatic carbocycles. The Hall–Kier alpha value is -1.75. The predicted molar refractivity (Wildman–Crippen MR) is 103 cm³/mol. The Kier molecular flexibility index (Phi) is 8.42. The lowest BCUT2D eigenvalue weighted by Crippen LogP contribution is -2.42. The summed E-state index contributed by atoms with van der Waals surface area (Å²) >= 11 is 0. The van der Waals surface area contributed by atoms with Gasteiger partial charge in [-0.3, -0.25) is 9.98 Å². The van der Waals surface area contributed by atoms with Gasteiger partial charge in [0.1, 0.15) is 4.90 Å². The highest BCUT2D eigenvalue weighted by atomic mass is 32.2. The Morgan fingerprint density at radius 1 is 1.41 bits per heavy atom. The molecule has 1 atom stereocenters. The zero-order valence-electron chi connectivity index (χ0n) is 15.6. The number of guanidine groups is 1. The molecule has 0 spiro atoms. The van der Waals surface area contributed by atoms with E-state index >= 15 is 0 Å². The molecule has 152 valence electrons. The van der Waals surface area contributed by atoms with Crippen LogP contribution in [0.25, 0.3) is 0 Å². The molecule has 9 nitrogen and oxygen atoms in total. The monoisotopic (exact) mass is 399 g/mol. The van der Waals surface area contributed by atoms with Gasteiger partial charge in [-0.1, -0.05) is 0 Å². The molecule has 0 amide bonds. The van der Waals surface area contributed by atoms with Gasteiger partial charge in [0.05, 0.1) is 13.2 Å². The Morgan fingerprint density at radius 2 is 2.26 bits per heavy atom. The Balaban J connectivity index is 1.85. The van der Waals surface area contributed by atoms with E-state index in [1.807, 2.05) is 6.92 Å². The second-order valence-corrected chi connectivity index (χ2v) is 8.25. The summed E-state index contributed by atoms with van der Waals surface area (Å²) in [6, 6.07) is 3.08. The van der Waals surface area contributed by atoms with E-state index in [4.69, 9.17) is 4.74 Å². The van der Waals surface area contributed by atoms with Crippen molar-refractivity contribution in [3.05, 3.63) is 24.5 Å². The standard InChI is InChI=1S/C17H29N5O4S/c1-2-19-16(21-13-17(5-10-23)6-11-26-14-17)20-8-9-22-27(24,25)15-4-3-7-18-12-15/h3-4,7,12,22-23H,2,5-6,8-11,13-14H2,1H3,(H2,19,20,21). The summed E-state index contributed by atoms with van der Waals surface area (Å²) in [5, 5.41) is 15.6. The normalized spacial score (nSPS) is 20.6. The lowest BCUT2D eigenvalue weighted by Gasteiger charge is -2.24. The number of nitrogens with zero attached hydrogens (tertiary/aromatic N) is 2. The van der Waals surface area contributed by atoms with Crippen LogP contribution in [0, 0.1) is 5.41 Å². The fourth-order valence-corrected chi connectivity index (χ4v) is 3.83. The quantitative estimate of drug-likeness (QED) is 0.242. The molecular weight excluding hydrogens is 370 g/mol. The molecule has 1 aromatic heterocycles. The van der Waals surface area contributed by atoms with E-state index in [-0.39, 0.29) is 23.5 Å². The number of aliphatic hydroxyl groups excluding tert-OH is 1. The molecule has 1 unspecified atom stereocenters. The number of hydrogen-bond acceptors (Lipinski definition) is 6. The highest BCUT2D eigenvalue weighted by Gasteiger charge is 2.34. The fourth-order valence-electron chi connectivity index (χ4n) is 2.83. The zero-order valence-corrected chi connectivity index (χ0v) is 16.5. The predicted octanol–water partition coefficient (Wildman–Crippen LogP) is -0.296. The number of aromatic nitrogens is 1. The first kappa shape index (κ1) is 21.5. The largest absolute Gasteiger partial charge is 0.396 e. The molecule has 10 heteroatoms. The summed E-state index contributed by atoms with van der Waals surface area (Å²) in [6.45, 7) is 5.20. The van der Waals surface area contributed by atoms with E-state index in [9.17, 15) is 13.5 Å². The summed E-state index contributed by atoms with van der Waals surface area (Å²) in [4.78, 5) is 8.55. The molecule has 0 bridgehead atoms. The SMILES string of the molecule is CCNC(=NCC1(CCO)CCOC1)NCCNS(=O)(=O)c1cccnc1. The van der Waals surface area contributed by atoms with E-state index in [0.29, 0.717) is 45.2 Å². The summed E-state index contributed by atoms with van der Waals surface area (Å²) in [5.41, 5.74) is -0.126. The molecule has 4 N–H and O–H groups in total. The average molecular weight is 400 g/mol. The molecule has 0 radical (unpaired) electrons. The number of nitrogens with one attached hydrogen (secondary N) is 3. The summed E-state index contributed by atoms with van der Waals surface area (Å²) in [6.07, 6.45) is 4.37. The van der Waals surface area contributed by atoms with Crippen molar-refractivity contribution in [2.45, 2.75) is 24.7 Å². The van der Waals surface area contributed by atoms with Gasteiger partial charge in [0.2, 0.25) is 10.0 Å². The molecule has 1 fully saturated rings. The van der Waals surface area contributed by atoms with Crippen molar-refractivity contribution in [3.8, 4) is 0 Å². The summed E-state index contributed by atoms with van der Waals surface area (Å²) in [5.74, 6) is 0.613. The zero-order chi connectivity index (χ0) is 19.6. The van der Waals surface area contributed by atoms with Gasteiger partial charge in [0.15, 0.2) is 5.96 Å². The van der Waals surface area contributed by atoms with Crippen LogP contribution in [-0.2, 0) is 14.8 Å². The van der Waals surface area contributed by atoms with Crippen LogP contribution in [0.1, 0.15) is 19.8 Å². The first-order chi connectivity index (χ1) is 13.0. The third-order valence-corrected chi connectivity index (χ3v) is 5.84. The van der Waals surface area contributed by atoms with Gasteiger partial charge in [-0.25, -0.2) is 13.1 Å². The lowest BCUT2D eigenvalue weighted by molar-refractivity contribution is 0.131. The molecule has 1 aliphatic rings. The van der Waals surface area contributed by atoms with Crippen LogP contribution in [0.2, 0.25) is 0 Å². The van der Waals surface area contributed by atoms with Gasteiger partial charge >= 0.3 is 0 Å². The summed E-state index contributed by atoms with van der Waals surface area (Å²) < 4.78 is 32.3. The lowest BCUT2D eigenvalue weighted by atomic mass is 9.84. The van der Waals surface area contributed by atoms with Crippen LogP contribution < -0.4 is 15.4 Å². The maximum atomic E-state index is 12.2. The number of ether oxygens (including phenoxy) is 1. The van der Waals surface area contributed by atoms with Crippen molar-refractivity contribution in [1.82, 2.24) is 20.3 Å². The first-order valence-electron chi connectivity index (χ1n) is 9.12. The number of aliphatic hydroxyl groups is 1. The third-order valence-electron chi connectivity index (χ3n) is 4.40. The molecule has 1 aromatic rings. The van der Waals surface area contributed by atoms with E-state index in [2.05, 4.69) is 25.3 Å². The molecule has 0 aliphatic carbocycles. The second kappa shape index (κ2) is 10.5. The first-order valence-corrected chi connectivity index (χ1v) is 10.6. The highest BCUT2D eigenvalue weighted by molar-refractivity contribution is 7.89. The van der Waals surface area contributed by atoms with Gasteiger partial charge in [-0.2, -0.15) is 0 Å². The van der Waals surface area contributed by atoms with E-state index in [0.717, 1.165) is 6.42 Å². The average Bonchev–Trinajstić information content (AvgIpc) is 3.13. The molecule has 1 saturated heterocycles. The third kappa shape index (κ3) is 6.73. The van der Waals surface area contributed by atoms with Crippen molar-refractivity contribution in [3.63, 3.8) is 0 Å². The minimum atomic E-state index is -3.57. The van der Waals surface area contributed by atoms with Crippen molar-refractivity contribution < 1.29 is 18.3 Å². The van der Waals surface area contributed by atoms with Gasteiger partial charge < -0.3 is 20.5 Å². The summed E-state index contributed by atoms with van der Waals surface area (Å²) in [7, 11) is -3.57. The van der Waals surface area contributed by atoms with Crippen LogP contribution in [0.5, 0.6) is 0 Å². The van der Waals surface area contributed by atoms with Crippen LogP contribution in [0.4, 0.5) is 0 Å². The van der Waals surface area contributed by atoms with Crippen LogP contribution >= 0.6 is 0 Å².